The van der Waals surface area contributed by atoms with Crippen molar-refractivity contribution in [2.45, 2.75) is 52.4 Å². The third-order valence-corrected chi connectivity index (χ3v) is 4.11. The summed E-state index contributed by atoms with van der Waals surface area (Å²) in [5.41, 5.74) is 5.26. The number of benzene rings is 1. The molecule has 2 rings (SSSR count). The van der Waals surface area contributed by atoms with E-state index in [1.165, 1.54) is 41.5 Å². The van der Waals surface area contributed by atoms with Gasteiger partial charge in [0.05, 0.1) is 0 Å². The lowest BCUT2D eigenvalue weighted by Gasteiger charge is -2.13. The lowest BCUT2D eigenvalue weighted by Crippen LogP contribution is -2.26. The van der Waals surface area contributed by atoms with Gasteiger partial charge in [-0.3, -0.25) is 4.79 Å². The summed E-state index contributed by atoms with van der Waals surface area (Å²) in [5, 5.41) is 3.04. The molecule has 0 radical (unpaired) electrons. The summed E-state index contributed by atoms with van der Waals surface area (Å²) in [4.78, 5) is 11.9. The van der Waals surface area contributed by atoms with Crippen molar-refractivity contribution in [2.24, 2.45) is 0 Å². The maximum atomic E-state index is 11.9. The van der Waals surface area contributed by atoms with E-state index in [1.54, 1.807) is 0 Å². The zero-order valence-electron chi connectivity index (χ0n) is 12.7. The maximum absolute atomic E-state index is 11.9. The van der Waals surface area contributed by atoms with E-state index in [0.717, 1.165) is 19.4 Å². The first-order valence-corrected chi connectivity index (χ1v) is 7.66. The number of hydrogen-bond donors (Lipinski definition) is 1. The lowest BCUT2D eigenvalue weighted by atomic mass is 9.99. The first-order chi connectivity index (χ1) is 9.65. The molecule has 0 aliphatic heterocycles. The molecule has 0 fully saturated rings. The summed E-state index contributed by atoms with van der Waals surface area (Å²) in [6.45, 7) is 4.98. The molecular weight excluding hydrogens is 246 g/mol. The van der Waals surface area contributed by atoms with Gasteiger partial charge in [-0.05, 0) is 62.6 Å². The van der Waals surface area contributed by atoms with Crippen molar-refractivity contribution in [3.8, 4) is 0 Å². The minimum Gasteiger partial charge on any atom is -0.352 e. The normalized spacial score (nSPS) is 14.8. The summed E-state index contributed by atoms with van der Waals surface area (Å²) in [6, 6.07) is 6.45. The Morgan fingerprint density at radius 2 is 2.05 bits per heavy atom. The number of amides is 1. The predicted octanol–water partition coefficient (Wildman–Crippen LogP) is 3.85. The Kier molecular flexibility index (Phi) is 5.40. The van der Waals surface area contributed by atoms with E-state index in [0.29, 0.717) is 6.42 Å². The summed E-state index contributed by atoms with van der Waals surface area (Å²) in [6.07, 6.45) is 8.58. The standard InChI is InChI=1S/C18H25NO/c1-14-8-9-16(12-15(14)2)10-11-18(20)19-13-17-6-4-3-5-7-17/h6,8-9,12H,3-5,7,10-11,13H2,1-2H3,(H,19,20). The Bertz CT molecular complexity index is 502. The van der Waals surface area contributed by atoms with Crippen molar-refractivity contribution < 1.29 is 4.79 Å². The van der Waals surface area contributed by atoms with Crippen molar-refractivity contribution in [3.63, 3.8) is 0 Å². The fraction of sp³-hybridized carbons (Fsp3) is 0.500. The molecule has 1 aromatic carbocycles. The highest BCUT2D eigenvalue weighted by Crippen LogP contribution is 2.16. The van der Waals surface area contributed by atoms with Gasteiger partial charge in [0, 0.05) is 13.0 Å². The van der Waals surface area contributed by atoms with Gasteiger partial charge in [-0.15, -0.1) is 0 Å². The van der Waals surface area contributed by atoms with Crippen LogP contribution in [0.3, 0.4) is 0 Å². The van der Waals surface area contributed by atoms with Gasteiger partial charge in [0.25, 0.3) is 0 Å². The van der Waals surface area contributed by atoms with E-state index in [1.807, 2.05) is 0 Å². The van der Waals surface area contributed by atoms with Crippen molar-refractivity contribution in [1.82, 2.24) is 5.32 Å². The van der Waals surface area contributed by atoms with Crippen molar-refractivity contribution in [2.75, 3.05) is 6.54 Å². The molecule has 2 nitrogen and oxygen atoms in total. The van der Waals surface area contributed by atoms with E-state index in [9.17, 15) is 4.79 Å². The average molecular weight is 271 g/mol. The van der Waals surface area contributed by atoms with E-state index < -0.39 is 0 Å². The Morgan fingerprint density at radius 1 is 1.20 bits per heavy atom. The number of hydrogen-bond acceptors (Lipinski definition) is 1. The molecule has 1 aromatic rings. The molecule has 108 valence electrons. The van der Waals surface area contributed by atoms with Crippen LogP contribution in [0.4, 0.5) is 0 Å². The van der Waals surface area contributed by atoms with E-state index in [-0.39, 0.29) is 5.91 Å². The van der Waals surface area contributed by atoms with Gasteiger partial charge in [0.1, 0.15) is 0 Å². The van der Waals surface area contributed by atoms with Gasteiger partial charge in [0.15, 0.2) is 0 Å². The average Bonchev–Trinajstić information content (AvgIpc) is 2.47. The van der Waals surface area contributed by atoms with Gasteiger partial charge < -0.3 is 5.32 Å². The first kappa shape index (κ1) is 14.8. The molecule has 0 heterocycles. The van der Waals surface area contributed by atoms with E-state index in [4.69, 9.17) is 0 Å². The van der Waals surface area contributed by atoms with Crippen LogP contribution in [0.15, 0.2) is 29.8 Å². The zero-order valence-corrected chi connectivity index (χ0v) is 12.7. The summed E-state index contributed by atoms with van der Waals surface area (Å²) in [7, 11) is 0. The van der Waals surface area contributed by atoms with Crippen LogP contribution < -0.4 is 5.32 Å². The fourth-order valence-corrected chi connectivity index (χ4v) is 2.58. The molecule has 0 spiro atoms. The highest BCUT2D eigenvalue weighted by molar-refractivity contribution is 5.76. The van der Waals surface area contributed by atoms with Crippen molar-refractivity contribution >= 4 is 5.91 Å². The Labute approximate surface area is 122 Å². The van der Waals surface area contributed by atoms with Gasteiger partial charge >= 0.3 is 0 Å². The Morgan fingerprint density at radius 3 is 2.75 bits per heavy atom. The highest BCUT2D eigenvalue weighted by Gasteiger charge is 2.06. The number of carbonyl (C=O) groups is 1. The second-order valence-corrected chi connectivity index (χ2v) is 5.80. The van der Waals surface area contributed by atoms with Gasteiger partial charge in [-0.25, -0.2) is 0 Å². The molecular formula is C18H25NO. The largest absolute Gasteiger partial charge is 0.352 e. The zero-order chi connectivity index (χ0) is 14.4. The lowest BCUT2D eigenvalue weighted by molar-refractivity contribution is -0.120. The smallest absolute Gasteiger partial charge is 0.220 e. The molecule has 1 N–H and O–H groups in total. The van der Waals surface area contributed by atoms with Crippen LogP contribution in [-0.4, -0.2) is 12.5 Å². The maximum Gasteiger partial charge on any atom is 0.220 e. The number of aryl methyl sites for hydroxylation is 3. The molecule has 1 aliphatic rings. The second-order valence-electron chi connectivity index (χ2n) is 5.80. The van der Waals surface area contributed by atoms with Crippen LogP contribution in [0.2, 0.25) is 0 Å². The minimum absolute atomic E-state index is 0.162. The second kappa shape index (κ2) is 7.28. The Hall–Kier alpha value is -1.57. The van der Waals surface area contributed by atoms with Crippen LogP contribution in [0, 0.1) is 13.8 Å². The van der Waals surface area contributed by atoms with E-state index in [2.05, 4.69) is 43.4 Å². The molecule has 0 atom stereocenters. The third kappa shape index (κ3) is 4.52. The molecule has 0 saturated heterocycles. The van der Waals surface area contributed by atoms with Gasteiger partial charge in [-0.2, -0.15) is 0 Å². The van der Waals surface area contributed by atoms with E-state index >= 15 is 0 Å². The molecule has 20 heavy (non-hydrogen) atoms. The van der Waals surface area contributed by atoms with Gasteiger partial charge in [0.2, 0.25) is 5.91 Å². The van der Waals surface area contributed by atoms with Crippen LogP contribution in [-0.2, 0) is 11.2 Å². The van der Waals surface area contributed by atoms with Crippen LogP contribution in [0.5, 0.6) is 0 Å². The number of allylic oxidation sites excluding steroid dienone is 1. The van der Waals surface area contributed by atoms with Crippen LogP contribution in [0.25, 0.3) is 0 Å². The number of carbonyl (C=O) groups excluding carboxylic acids is 1. The molecule has 0 bridgehead atoms. The molecule has 1 aliphatic carbocycles. The predicted molar refractivity (Wildman–Crippen MR) is 83.8 cm³/mol. The molecule has 0 aromatic heterocycles. The monoisotopic (exact) mass is 271 g/mol. The quantitative estimate of drug-likeness (QED) is 0.810. The third-order valence-electron chi connectivity index (χ3n) is 4.11. The summed E-state index contributed by atoms with van der Waals surface area (Å²) >= 11 is 0. The van der Waals surface area contributed by atoms with Gasteiger partial charge in [-0.1, -0.05) is 29.8 Å². The summed E-state index contributed by atoms with van der Waals surface area (Å²) in [5.74, 6) is 0.162. The molecule has 2 heteroatoms. The molecule has 0 saturated carbocycles. The van der Waals surface area contributed by atoms with Crippen LogP contribution >= 0.6 is 0 Å². The SMILES string of the molecule is Cc1ccc(CCC(=O)NCC2=CCCCC2)cc1C. The first-order valence-electron chi connectivity index (χ1n) is 7.66. The number of rotatable bonds is 5. The van der Waals surface area contributed by atoms with Crippen molar-refractivity contribution in [3.05, 3.63) is 46.5 Å². The molecule has 1 amide bonds. The van der Waals surface area contributed by atoms with Crippen LogP contribution in [0.1, 0.15) is 48.8 Å². The topological polar surface area (TPSA) is 29.1 Å². The minimum atomic E-state index is 0.162. The molecule has 0 unspecified atom stereocenters. The Balaban J connectivity index is 1.74. The fourth-order valence-electron chi connectivity index (χ4n) is 2.58. The summed E-state index contributed by atoms with van der Waals surface area (Å²) < 4.78 is 0. The highest BCUT2D eigenvalue weighted by atomic mass is 16.1. The van der Waals surface area contributed by atoms with Crippen molar-refractivity contribution in [1.29, 1.82) is 0 Å². The number of nitrogens with one attached hydrogen (secondary N) is 1.